The Hall–Kier alpha value is -1.84. The van der Waals surface area contributed by atoms with Crippen LogP contribution in [0.1, 0.15) is 37.7 Å². The summed E-state index contributed by atoms with van der Waals surface area (Å²) in [5.74, 6) is 0.403. The van der Waals surface area contributed by atoms with Crippen LogP contribution in [0.3, 0.4) is 0 Å². The fraction of sp³-hybridized carbons (Fsp3) is 0.467. The van der Waals surface area contributed by atoms with Crippen molar-refractivity contribution in [3.63, 3.8) is 0 Å². The van der Waals surface area contributed by atoms with Crippen molar-refractivity contribution >= 4 is 17.0 Å². The smallest absolute Gasteiger partial charge is 0.223 e. The quantitative estimate of drug-likeness (QED) is 0.920. The molecule has 1 fully saturated rings. The SMILES string of the molecule is O=C(NCc1ccc2ncoc2c1)C1CCCCC1. The lowest BCUT2D eigenvalue weighted by molar-refractivity contribution is -0.126. The molecule has 4 nitrogen and oxygen atoms in total. The van der Waals surface area contributed by atoms with Crippen molar-refractivity contribution in [2.24, 2.45) is 5.92 Å². The Labute approximate surface area is 112 Å². The number of carbonyl (C=O) groups excluding carboxylic acids is 1. The average molecular weight is 258 g/mol. The molecule has 19 heavy (non-hydrogen) atoms. The maximum Gasteiger partial charge on any atom is 0.223 e. The number of hydrogen-bond donors (Lipinski definition) is 1. The van der Waals surface area contributed by atoms with E-state index in [-0.39, 0.29) is 11.8 Å². The molecule has 0 spiro atoms. The van der Waals surface area contributed by atoms with Crippen molar-refractivity contribution in [3.8, 4) is 0 Å². The number of fused-ring (bicyclic) bond motifs is 1. The van der Waals surface area contributed by atoms with Crippen LogP contribution in [0.2, 0.25) is 0 Å². The highest BCUT2D eigenvalue weighted by Gasteiger charge is 2.20. The normalized spacial score (nSPS) is 16.6. The summed E-state index contributed by atoms with van der Waals surface area (Å²) in [6.45, 7) is 0.561. The van der Waals surface area contributed by atoms with Gasteiger partial charge in [0.25, 0.3) is 0 Å². The van der Waals surface area contributed by atoms with Gasteiger partial charge < -0.3 is 9.73 Å². The van der Waals surface area contributed by atoms with Crippen LogP contribution in [0.4, 0.5) is 0 Å². The molecule has 4 heteroatoms. The number of carbonyl (C=O) groups is 1. The van der Waals surface area contributed by atoms with E-state index >= 15 is 0 Å². The summed E-state index contributed by atoms with van der Waals surface area (Å²) < 4.78 is 5.26. The zero-order chi connectivity index (χ0) is 13.1. The number of rotatable bonds is 3. The summed E-state index contributed by atoms with van der Waals surface area (Å²) >= 11 is 0. The molecule has 0 aliphatic heterocycles. The highest BCUT2D eigenvalue weighted by atomic mass is 16.3. The van der Waals surface area contributed by atoms with Gasteiger partial charge in [-0.15, -0.1) is 0 Å². The summed E-state index contributed by atoms with van der Waals surface area (Å²) in [7, 11) is 0. The standard InChI is InChI=1S/C15H18N2O2/c18-15(12-4-2-1-3-5-12)16-9-11-6-7-13-14(8-11)19-10-17-13/h6-8,10,12H,1-5,9H2,(H,16,18). The van der Waals surface area contributed by atoms with Gasteiger partial charge in [0.15, 0.2) is 12.0 Å². The predicted octanol–water partition coefficient (Wildman–Crippen LogP) is 3.02. The number of benzene rings is 1. The van der Waals surface area contributed by atoms with Crippen molar-refractivity contribution in [3.05, 3.63) is 30.2 Å². The lowest BCUT2D eigenvalue weighted by Gasteiger charge is -2.20. The molecule has 1 aliphatic rings. The van der Waals surface area contributed by atoms with Crippen LogP contribution in [-0.2, 0) is 11.3 Å². The molecule has 1 amide bonds. The van der Waals surface area contributed by atoms with Crippen molar-refractivity contribution < 1.29 is 9.21 Å². The molecule has 0 unspecified atom stereocenters. The van der Waals surface area contributed by atoms with E-state index in [0.717, 1.165) is 29.5 Å². The first-order chi connectivity index (χ1) is 9.33. The molecule has 3 rings (SSSR count). The number of nitrogens with zero attached hydrogens (tertiary/aromatic N) is 1. The van der Waals surface area contributed by atoms with E-state index in [1.807, 2.05) is 18.2 Å². The fourth-order valence-corrected chi connectivity index (χ4v) is 2.71. The van der Waals surface area contributed by atoms with Gasteiger partial charge in [-0.1, -0.05) is 25.3 Å². The summed E-state index contributed by atoms with van der Waals surface area (Å²) in [5.41, 5.74) is 2.67. The molecular weight excluding hydrogens is 240 g/mol. The molecule has 0 atom stereocenters. The highest BCUT2D eigenvalue weighted by molar-refractivity contribution is 5.79. The molecule has 100 valence electrons. The molecular formula is C15H18N2O2. The van der Waals surface area contributed by atoms with Crippen LogP contribution in [0.25, 0.3) is 11.1 Å². The van der Waals surface area contributed by atoms with Gasteiger partial charge in [0.2, 0.25) is 5.91 Å². The second kappa shape index (κ2) is 5.43. The Bertz CT molecular complexity index is 570. The maximum atomic E-state index is 12.0. The van der Waals surface area contributed by atoms with Gasteiger partial charge in [-0.3, -0.25) is 4.79 Å². The lowest BCUT2D eigenvalue weighted by atomic mass is 9.88. The van der Waals surface area contributed by atoms with E-state index in [1.54, 1.807) is 0 Å². The third-order valence-electron chi connectivity index (χ3n) is 3.84. The van der Waals surface area contributed by atoms with Crippen LogP contribution >= 0.6 is 0 Å². The second-order valence-corrected chi connectivity index (χ2v) is 5.21. The number of amides is 1. The van der Waals surface area contributed by atoms with Gasteiger partial charge in [0, 0.05) is 12.5 Å². The Morgan fingerprint density at radius 2 is 2.16 bits per heavy atom. The van der Waals surface area contributed by atoms with Gasteiger partial charge in [-0.25, -0.2) is 4.98 Å². The number of hydrogen-bond acceptors (Lipinski definition) is 3. The van der Waals surface area contributed by atoms with Gasteiger partial charge in [0.1, 0.15) is 5.52 Å². The zero-order valence-electron chi connectivity index (χ0n) is 10.9. The summed E-state index contributed by atoms with van der Waals surface area (Å²) in [4.78, 5) is 16.1. The van der Waals surface area contributed by atoms with E-state index in [1.165, 1.54) is 25.7 Å². The van der Waals surface area contributed by atoms with Crippen LogP contribution < -0.4 is 5.32 Å². The van der Waals surface area contributed by atoms with E-state index in [2.05, 4.69) is 10.3 Å². The minimum absolute atomic E-state index is 0.192. The van der Waals surface area contributed by atoms with Crippen molar-refractivity contribution in [1.82, 2.24) is 10.3 Å². The van der Waals surface area contributed by atoms with E-state index in [9.17, 15) is 4.79 Å². The molecule has 1 heterocycles. The minimum atomic E-state index is 0.192. The molecule has 1 N–H and O–H groups in total. The monoisotopic (exact) mass is 258 g/mol. The molecule has 1 aliphatic carbocycles. The van der Waals surface area contributed by atoms with Crippen LogP contribution in [0.15, 0.2) is 29.0 Å². The molecule has 0 bridgehead atoms. The Morgan fingerprint density at radius 3 is 3.00 bits per heavy atom. The predicted molar refractivity (Wildman–Crippen MR) is 72.4 cm³/mol. The Morgan fingerprint density at radius 1 is 1.32 bits per heavy atom. The first-order valence-electron chi connectivity index (χ1n) is 6.93. The first kappa shape index (κ1) is 12.2. The lowest BCUT2D eigenvalue weighted by Crippen LogP contribution is -2.31. The molecule has 1 saturated carbocycles. The van der Waals surface area contributed by atoms with E-state index in [4.69, 9.17) is 4.42 Å². The minimum Gasteiger partial charge on any atom is -0.443 e. The summed E-state index contributed by atoms with van der Waals surface area (Å²) in [5, 5.41) is 3.02. The Kier molecular flexibility index (Phi) is 3.49. The molecule has 0 radical (unpaired) electrons. The van der Waals surface area contributed by atoms with Crippen molar-refractivity contribution in [2.45, 2.75) is 38.6 Å². The third kappa shape index (κ3) is 2.78. The largest absolute Gasteiger partial charge is 0.443 e. The van der Waals surface area contributed by atoms with Gasteiger partial charge in [0.05, 0.1) is 0 Å². The maximum absolute atomic E-state index is 12.0. The molecule has 1 aromatic carbocycles. The third-order valence-corrected chi connectivity index (χ3v) is 3.84. The summed E-state index contributed by atoms with van der Waals surface area (Å²) in [6.07, 6.45) is 7.14. The highest BCUT2D eigenvalue weighted by Crippen LogP contribution is 2.23. The van der Waals surface area contributed by atoms with Crippen LogP contribution in [0.5, 0.6) is 0 Å². The number of oxazole rings is 1. The zero-order valence-corrected chi connectivity index (χ0v) is 10.9. The van der Waals surface area contributed by atoms with Crippen molar-refractivity contribution in [2.75, 3.05) is 0 Å². The van der Waals surface area contributed by atoms with E-state index < -0.39 is 0 Å². The first-order valence-corrected chi connectivity index (χ1v) is 6.93. The topological polar surface area (TPSA) is 55.1 Å². The molecule has 0 saturated heterocycles. The second-order valence-electron chi connectivity index (χ2n) is 5.21. The molecule has 2 aromatic rings. The average Bonchev–Trinajstić information content (AvgIpc) is 2.93. The fourth-order valence-electron chi connectivity index (χ4n) is 2.71. The van der Waals surface area contributed by atoms with Crippen LogP contribution in [0, 0.1) is 5.92 Å². The van der Waals surface area contributed by atoms with Gasteiger partial charge >= 0.3 is 0 Å². The summed E-state index contributed by atoms with van der Waals surface area (Å²) in [6, 6.07) is 5.83. The van der Waals surface area contributed by atoms with E-state index in [0.29, 0.717) is 6.54 Å². The van der Waals surface area contributed by atoms with Crippen molar-refractivity contribution in [1.29, 1.82) is 0 Å². The Balaban J connectivity index is 1.60. The van der Waals surface area contributed by atoms with Gasteiger partial charge in [-0.2, -0.15) is 0 Å². The number of aromatic nitrogens is 1. The van der Waals surface area contributed by atoms with Gasteiger partial charge in [-0.05, 0) is 30.5 Å². The molecule has 1 aromatic heterocycles. The number of nitrogens with one attached hydrogen (secondary N) is 1. The van der Waals surface area contributed by atoms with Crippen LogP contribution in [-0.4, -0.2) is 10.9 Å².